The van der Waals surface area contributed by atoms with Crippen LogP contribution in [0.4, 0.5) is 0 Å². The number of carbonyl (C=O) groups excluding carboxylic acids is 15. The van der Waals surface area contributed by atoms with Gasteiger partial charge in [0.2, 0.25) is 18.1 Å². The van der Waals surface area contributed by atoms with Crippen LogP contribution in [0.2, 0.25) is 0 Å². The monoisotopic (exact) mass is 1160 g/mol. The molecule has 0 saturated heterocycles. The van der Waals surface area contributed by atoms with Crippen molar-refractivity contribution in [2.45, 2.75) is 171 Å². The molecule has 0 bridgehead atoms. The van der Waals surface area contributed by atoms with E-state index in [1.54, 1.807) is 0 Å². The quantitative estimate of drug-likeness (QED) is 0.0417. The van der Waals surface area contributed by atoms with Crippen LogP contribution in [-0.4, -0.2) is 190 Å². The topological polar surface area (TPSA) is 429 Å². The maximum Gasteiger partial charge on any atom is 0.303 e. The summed E-state index contributed by atoms with van der Waals surface area (Å²) in [4.78, 5) is 192. The third-order valence-corrected chi connectivity index (χ3v) is 11.2. The van der Waals surface area contributed by atoms with Gasteiger partial charge >= 0.3 is 71.6 Å². The van der Waals surface area contributed by atoms with Gasteiger partial charge in [0.15, 0.2) is 30.5 Å². The number of carbonyl (C=O) groups is 15. The van der Waals surface area contributed by atoms with Gasteiger partial charge in [0.25, 0.3) is 11.8 Å². The first kappa shape index (κ1) is 73.0. The lowest BCUT2D eigenvalue weighted by Gasteiger charge is -2.38. The summed E-state index contributed by atoms with van der Waals surface area (Å²) < 4.78 is 63.8. The van der Waals surface area contributed by atoms with Gasteiger partial charge in [-0.1, -0.05) is 20.8 Å². The van der Waals surface area contributed by atoms with Gasteiger partial charge in [-0.3, -0.25) is 71.9 Å². The van der Waals surface area contributed by atoms with Crippen molar-refractivity contribution in [3.63, 3.8) is 0 Å². The Hall–Kier alpha value is -7.99. The molecule has 13 atom stereocenters. The molecule has 0 aromatic heterocycles. The second-order valence-electron chi connectivity index (χ2n) is 18.4. The lowest BCUT2D eigenvalue weighted by molar-refractivity contribution is -0.203. The van der Waals surface area contributed by atoms with Crippen molar-refractivity contribution in [1.82, 2.24) is 16.0 Å². The maximum atomic E-state index is 14.6. The minimum atomic E-state index is -2.37. The highest BCUT2D eigenvalue weighted by Crippen LogP contribution is 2.27. The zero-order chi connectivity index (χ0) is 62.6. The van der Waals surface area contributed by atoms with Gasteiger partial charge in [-0.2, -0.15) is 0 Å². The van der Waals surface area contributed by atoms with E-state index >= 15 is 0 Å². The molecule has 31 heteroatoms. The molecule has 5 N–H and O–H groups in total. The van der Waals surface area contributed by atoms with Crippen molar-refractivity contribution >= 4 is 89.4 Å². The summed E-state index contributed by atoms with van der Waals surface area (Å²) in [6.07, 6.45) is -19.0. The summed E-state index contributed by atoms with van der Waals surface area (Å²) in [5.74, 6) is -18.4. The number of amides is 3. The Kier molecular flexibility index (Phi) is 32.1. The standard InChI is InChI=1S/C50H76N4O27/c1-16-37(72-27(6)57)41(76-31(10)61)43(78-33(12)63)45(80-35(14)65)48(68)53-21-50(19-51,20-52-47(67)24(3)40(75-30(9)60)23(2)38(73-28(7)58)17-70-25(4)55)22-54-49(69)46(81-36(15)66)44(79-34(13)64)42(77-32(11)62)39(74-29(8)59)18-71-26(5)56/h23-24,37-46H,16-22,51H2,1-15H3,(H,52,67)(H,53,68)(H,54,69). The van der Waals surface area contributed by atoms with Crippen molar-refractivity contribution in [3.05, 3.63) is 0 Å². The van der Waals surface area contributed by atoms with Gasteiger partial charge in [0, 0.05) is 121 Å². The predicted molar refractivity (Wildman–Crippen MR) is 268 cm³/mol. The fourth-order valence-corrected chi connectivity index (χ4v) is 7.69. The Morgan fingerprint density at radius 1 is 0.358 bits per heavy atom. The Morgan fingerprint density at radius 3 is 0.963 bits per heavy atom. The minimum Gasteiger partial charge on any atom is -0.462 e. The molecular weight excluding hydrogens is 1090 g/mol. The largest absolute Gasteiger partial charge is 0.462 e. The van der Waals surface area contributed by atoms with Gasteiger partial charge in [-0.05, 0) is 6.42 Å². The highest BCUT2D eigenvalue weighted by molar-refractivity contribution is 5.86. The van der Waals surface area contributed by atoms with Crippen molar-refractivity contribution in [1.29, 1.82) is 0 Å². The molecule has 0 aromatic carbocycles. The molecule has 81 heavy (non-hydrogen) atoms. The van der Waals surface area contributed by atoms with Crippen molar-refractivity contribution in [2.75, 3.05) is 39.4 Å². The zero-order valence-corrected chi connectivity index (χ0v) is 48.0. The Morgan fingerprint density at radius 2 is 0.642 bits per heavy atom. The highest BCUT2D eigenvalue weighted by Gasteiger charge is 2.49. The molecule has 0 saturated carbocycles. The summed E-state index contributed by atoms with van der Waals surface area (Å²) in [5, 5.41) is 7.45. The van der Waals surface area contributed by atoms with Crippen molar-refractivity contribution in [3.8, 4) is 0 Å². The SMILES string of the molecule is CCC(OC(C)=O)C(OC(C)=O)C(OC(C)=O)C(OC(C)=O)C(=O)NCC(CN)(CNC(=O)C(C)C(OC(C)=O)C(C)C(COC(C)=O)OC(C)=O)CNC(=O)C(OC(C)=O)C(OC(C)=O)C(OC(C)=O)C(COC(C)=O)OC(C)=O. The van der Waals surface area contributed by atoms with E-state index in [4.69, 9.17) is 62.6 Å². The first-order chi connectivity index (χ1) is 37.5. The fourth-order valence-electron chi connectivity index (χ4n) is 7.69. The van der Waals surface area contributed by atoms with Crippen LogP contribution in [0.5, 0.6) is 0 Å². The smallest absolute Gasteiger partial charge is 0.303 e. The van der Waals surface area contributed by atoms with Crippen molar-refractivity contribution < 1.29 is 129 Å². The van der Waals surface area contributed by atoms with E-state index in [0.29, 0.717) is 0 Å². The molecule has 0 radical (unpaired) electrons. The fraction of sp³-hybridized carbons (Fsp3) is 0.700. The number of nitrogens with two attached hydrogens (primary N) is 1. The van der Waals surface area contributed by atoms with Crippen LogP contribution in [0.25, 0.3) is 0 Å². The number of hydrogen-bond acceptors (Lipinski definition) is 28. The summed E-state index contributed by atoms with van der Waals surface area (Å²) in [5.41, 5.74) is 4.48. The molecule has 0 aliphatic carbocycles. The average Bonchev–Trinajstić information content (AvgIpc) is 3.34. The van der Waals surface area contributed by atoms with Gasteiger partial charge in [0.05, 0.1) is 5.92 Å². The first-order valence-electron chi connectivity index (χ1n) is 25.0. The van der Waals surface area contributed by atoms with E-state index in [2.05, 4.69) is 16.0 Å². The van der Waals surface area contributed by atoms with Crippen molar-refractivity contribution in [2.24, 2.45) is 23.0 Å². The molecule has 0 aromatic rings. The van der Waals surface area contributed by atoms with E-state index in [1.807, 2.05) is 0 Å². The highest BCUT2D eigenvalue weighted by atomic mass is 16.7. The van der Waals surface area contributed by atoms with E-state index in [1.165, 1.54) is 20.8 Å². The van der Waals surface area contributed by atoms with Crippen LogP contribution in [0.1, 0.15) is 110 Å². The minimum absolute atomic E-state index is 0.129. The van der Waals surface area contributed by atoms with Crippen LogP contribution < -0.4 is 21.7 Å². The van der Waals surface area contributed by atoms with E-state index in [-0.39, 0.29) is 6.42 Å². The lowest BCUT2D eigenvalue weighted by Crippen LogP contribution is -2.61. The summed E-state index contributed by atoms with van der Waals surface area (Å²) >= 11 is 0. The zero-order valence-electron chi connectivity index (χ0n) is 48.0. The number of rotatable bonds is 34. The predicted octanol–water partition coefficient (Wildman–Crippen LogP) is -1.59. The van der Waals surface area contributed by atoms with Crippen LogP contribution in [0, 0.1) is 17.3 Å². The number of ether oxygens (including phenoxy) is 12. The van der Waals surface area contributed by atoms with Gasteiger partial charge in [-0.15, -0.1) is 0 Å². The first-order valence-corrected chi connectivity index (χ1v) is 25.0. The summed E-state index contributed by atoms with van der Waals surface area (Å²) in [7, 11) is 0. The molecule has 0 rings (SSSR count). The molecule has 3 amide bonds. The summed E-state index contributed by atoms with van der Waals surface area (Å²) in [6, 6.07) is 0. The molecular formula is C50H76N4O27. The second kappa shape index (κ2) is 35.6. The Balaban J connectivity index is 8.18. The van der Waals surface area contributed by atoms with E-state index < -0.39 is 207 Å². The molecule has 0 heterocycles. The van der Waals surface area contributed by atoms with Gasteiger partial charge in [0.1, 0.15) is 31.5 Å². The van der Waals surface area contributed by atoms with Crippen LogP contribution >= 0.6 is 0 Å². The molecule has 0 spiro atoms. The molecule has 0 fully saturated rings. The lowest BCUT2D eigenvalue weighted by atomic mass is 9.85. The molecule has 0 aliphatic rings. The molecule has 458 valence electrons. The molecule has 0 aliphatic heterocycles. The van der Waals surface area contributed by atoms with Crippen LogP contribution in [0.3, 0.4) is 0 Å². The van der Waals surface area contributed by atoms with Gasteiger partial charge in [-0.25, -0.2) is 0 Å². The third-order valence-electron chi connectivity index (χ3n) is 11.2. The average molecular weight is 1170 g/mol. The number of nitrogens with one attached hydrogen (secondary N) is 3. The second-order valence-corrected chi connectivity index (χ2v) is 18.4. The molecule has 13 unspecified atom stereocenters. The van der Waals surface area contributed by atoms with E-state index in [9.17, 15) is 71.9 Å². The Bertz CT molecular complexity index is 2270. The molecule has 31 nitrogen and oxygen atoms in total. The third kappa shape index (κ3) is 27.6. The Labute approximate surface area is 466 Å². The maximum absolute atomic E-state index is 14.6. The normalized spacial score (nSPS) is 16.0. The summed E-state index contributed by atoms with van der Waals surface area (Å²) in [6.45, 7) is 11.0. The van der Waals surface area contributed by atoms with E-state index in [0.717, 1.165) is 83.1 Å². The number of hydrogen-bond donors (Lipinski definition) is 4. The van der Waals surface area contributed by atoms with Crippen LogP contribution in [-0.2, 0) is 129 Å². The number of esters is 12. The van der Waals surface area contributed by atoms with Crippen LogP contribution in [0.15, 0.2) is 0 Å². The van der Waals surface area contributed by atoms with Gasteiger partial charge < -0.3 is 78.5 Å².